The van der Waals surface area contributed by atoms with Crippen LogP contribution in [0.1, 0.15) is 19.8 Å². The van der Waals surface area contributed by atoms with Crippen LogP contribution in [0.5, 0.6) is 0 Å². The van der Waals surface area contributed by atoms with Gasteiger partial charge in [0.1, 0.15) is 5.82 Å². The second-order valence-corrected chi connectivity index (χ2v) is 4.95. The fourth-order valence-corrected chi connectivity index (χ4v) is 2.23. The summed E-state index contributed by atoms with van der Waals surface area (Å²) in [7, 11) is 0. The van der Waals surface area contributed by atoms with E-state index in [1.807, 2.05) is 6.92 Å². The molecular formula is C11H15FN2OS. The summed E-state index contributed by atoms with van der Waals surface area (Å²) >= 11 is 1.43. The molecule has 0 heterocycles. The Morgan fingerprint density at radius 1 is 1.56 bits per heavy atom. The molecule has 16 heavy (non-hydrogen) atoms. The van der Waals surface area contributed by atoms with Crippen LogP contribution in [-0.2, 0) is 4.79 Å². The van der Waals surface area contributed by atoms with Crippen molar-refractivity contribution in [2.24, 2.45) is 5.84 Å². The summed E-state index contributed by atoms with van der Waals surface area (Å²) in [4.78, 5) is 11.5. The number of thioether (sulfide) groups is 1. The summed E-state index contributed by atoms with van der Waals surface area (Å²) in [5.74, 6) is 4.56. The van der Waals surface area contributed by atoms with E-state index in [1.54, 1.807) is 18.2 Å². The molecule has 1 amide bonds. The highest BCUT2D eigenvalue weighted by molar-refractivity contribution is 7.99. The van der Waals surface area contributed by atoms with Crippen LogP contribution in [0.2, 0.25) is 0 Å². The van der Waals surface area contributed by atoms with Gasteiger partial charge in [-0.25, -0.2) is 10.2 Å². The van der Waals surface area contributed by atoms with Gasteiger partial charge in [-0.05, 0) is 18.6 Å². The highest BCUT2D eigenvalue weighted by Gasteiger charge is 2.09. The molecule has 0 radical (unpaired) electrons. The summed E-state index contributed by atoms with van der Waals surface area (Å²) < 4.78 is 13.3. The second kappa shape index (κ2) is 6.50. The van der Waals surface area contributed by atoms with Crippen molar-refractivity contribution in [2.45, 2.75) is 29.9 Å². The zero-order chi connectivity index (χ0) is 12.0. The average Bonchev–Trinajstić information content (AvgIpc) is 2.29. The van der Waals surface area contributed by atoms with Crippen LogP contribution in [0.4, 0.5) is 4.39 Å². The lowest BCUT2D eigenvalue weighted by Crippen LogP contribution is -2.30. The van der Waals surface area contributed by atoms with Gasteiger partial charge in [-0.2, -0.15) is 0 Å². The van der Waals surface area contributed by atoms with Crippen molar-refractivity contribution in [3.05, 3.63) is 30.1 Å². The summed E-state index contributed by atoms with van der Waals surface area (Å²) in [6.45, 7) is 1.96. The van der Waals surface area contributed by atoms with Gasteiger partial charge < -0.3 is 0 Å². The number of amides is 1. The van der Waals surface area contributed by atoms with Gasteiger partial charge >= 0.3 is 0 Å². The quantitative estimate of drug-likeness (QED) is 0.360. The lowest BCUT2D eigenvalue weighted by molar-refractivity contribution is -0.121. The molecule has 0 saturated carbocycles. The second-order valence-electron chi connectivity index (χ2n) is 3.47. The molecule has 3 N–H and O–H groups in total. The molecule has 1 aromatic carbocycles. The summed E-state index contributed by atoms with van der Waals surface area (Å²) in [6, 6.07) is 6.62. The summed E-state index contributed by atoms with van der Waals surface area (Å²) in [5.41, 5.74) is 2.07. The van der Waals surface area contributed by atoms with E-state index >= 15 is 0 Å². The van der Waals surface area contributed by atoms with E-state index < -0.39 is 0 Å². The Morgan fingerprint density at radius 3 is 2.88 bits per heavy atom. The van der Waals surface area contributed by atoms with Crippen molar-refractivity contribution >= 4 is 17.7 Å². The van der Waals surface area contributed by atoms with Gasteiger partial charge in [0.05, 0.1) is 0 Å². The lowest BCUT2D eigenvalue weighted by atomic mass is 10.2. The topological polar surface area (TPSA) is 55.1 Å². The number of nitrogens with one attached hydrogen (secondary N) is 1. The first-order valence-corrected chi connectivity index (χ1v) is 5.92. The van der Waals surface area contributed by atoms with E-state index in [0.717, 1.165) is 0 Å². The highest BCUT2D eigenvalue weighted by atomic mass is 32.2. The third kappa shape index (κ3) is 4.20. The van der Waals surface area contributed by atoms with Gasteiger partial charge in [0.2, 0.25) is 5.91 Å². The molecule has 0 aromatic heterocycles. The minimum atomic E-state index is -0.220. The minimum absolute atomic E-state index is 0.175. The van der Waals surface area contributed by atoms with Crippen molar-refractivity contribution in [3.8, 4) is 0 Å². The zero-order valence-corrected chi connectivity index (χ0v) is 9.89. The normalized spacial score (nSPS) is 12.2. The molecule has 1 aromatic rings. The first-order valence-electron chi connectivity index (χ1n) is 5.04. The molecular weight excluding hydrogens is 227 g/mol. The maximum Gasteiger partial charge on any atom is 0.233 e. The minimum Gasteiger partial charge on any atom is -0.294 e. The van der Waals surface area contributed by atoms with Crippen molar-refractivity contribution in [2.75, 3.05) is 0 Å². The van der Waals surface area contributed by atoms with Crippen molar-refractivity contribution in [1.82, 2.24) is 5.43 Å². The van der Waals surface area contributed by atoms with Gasteiger partial charge in [-0.3, -0.25) is 10.2 Å². The van der Waals surface area contributed by atoms with Crippen molar-refractivity contribution in [1.29, 1.82) is 0 Å². The van der Waals surface area contributed by atoms with E-state index in [0.29, 0.717) is 17.7 Å². The van der Waals surface area contributed by atoms with Gasteiger partial charge in [0.15, 0.2) is 0 Å². The Balaban J connectivity index is 2.43. The number of rotatable bonds is 5. The number of carbonyl (C=O) groups excluding carboxylic acids is 1. The van der Waals surface area contributed by atoms with Crippen molar-refractivity contribution < 1.29 is 9.18 Å². The first kappa shape index (κ1) is 13.0. The van der Waals surface area contributed by atoms with Crippen molar-refractivity contribution in [3.63, 3.8) is 0 Å². The first-order chi connectivity index (χ1) is 7.63. The molecule has 3 nitrogen and oxygen atoms in total. The Labute approximate surface area is 98.6 Å². The number of nitrogens with two attached hydrogens (primary N) is 1. The van der Waals surface area contributed by atoms with E-state index in [1.165, 1.54) is 17.8 Å². The molecule has 0 aliphatic heterocycles. The molecule has 5 heteroatoms. The standard InChI is InChI=1S/C11H15FN2OS/c1-8(6-7-11(15)14-13)16-10-5-3-2-4-9(10)12/h2-5,8H,6-7,13H2,1H3,(H,14,15). The molecule has 0 saturated heterocycles. The number of carbonyl (C=O) groups is 1. The fraction of sp³-hybridized carbons (Fsp3) is 0.364. The van der Waals surface area contributed by atoms with Crippen LogP contribution in [0.25, 0.3) is 0 Å². The Hall–Kier alpha value is -1.07. The van der Waals surface area contributed by atoms with Gasteiger partial charge in [0, 0.05) is 16.6 Å². The SMILES string of the molecule is CC(CCC(=O)NN)Sc1ccccc1F. The molecule has 1 atom stereocenters. The molecule has 0 aliphatic carbocycles. The maximum atomic E-state index is 13.3. The molecule has 0 bridgehead atoms. The molecule has 1 unspecified atom stereocenters. The van der Waals surface area contributed by atoms with Gasteiger partial charge in [-0.15, -0.1) is 11.8 Å². The Bertz CT molecular complexity index is 360. The van der Waals surface area contributed by atoms with E-state index in [2.05, 4.69) is 5.43 Å². The fourth-order valence-electron chi connectivity index (χ4n) is 1.22. The van der Waals surface area contributed by atoms with E-state index in [9.17, 15) is 9.18 Å². The highest BCUT2D eigenvalue weighted by Crippen LogP contribution is 2.27. The summed E-state index contributed by atoms with van der Waals surface area (Å²) in [6.07, 6.45) is 1.03. The molecule has 1 rings (SSSR count). The Kier molecular flexibility index (Phi) is 5.28. The molecule has 0 fully saturated rings. The zero-order valence-electron chi connectivity index (χ0n) is 9.07. The maximum absolute atomic E-state index is 13.3. The van der Waals surface area contributed by atoms with Crippen LogP contribution >= 0.6 is 11.8 Å². The van der Waals surface area contributed by atoms with E-state index in [4.69, 9.17) is 5.84 Å². The third-order valence-corrected chi connectivity index (χ3v) is 3.33. The molecule has 88 valence electrons. The van der Waals surface area contributed by atoms with Gasteiger partial charge in [0.25, 0.3) is 0 Å². The predicted molar refractivity (Wildman–Crippen MR) is 63.3 cm³/mol. The van der Waals surface area contributed by atoms with Crippen LogP contribution < -0.4 is 11.3 Å². The number of halogens is 1. The van der Waals surface area contributed by atoms with Gasteiger partial charge in [-0.1, -0.05) is 19.1 Å². The smallest absolute Gasteiger partial charge is 0.233 e. The Morgan fingerprint density at radius 2 is 2.25 bits per heavy atom. The van der Waals surface area contributed by atoms with Crippen LogP contribution in [-0.4, -0.2) is 11.2 Å². The number of hydrogen-bond donors (Lipinski definition) is 2. The number of hydrazine groups is 1. The lowest BCUT2D eigenvalue weighted by Gasteiger charge is -2.10. The molecule has 0 spiro atoms. The predicted octanol–water partition coefficient (Wildman–Crippen LogP) is 2.08. The number of hydrogen-bond acceptors (Lipinski definition) is 3. The van der Waals surface area contributed by atoms with Crippen LogP contribution in [0, 0.1) is 5.82 Å². The average molecular weight is 242 g/mol. The third-order valence-electron chi connectivity index (χ3n) is 2.10. The van der Waals surface area contributed by atoms with E-state index in [-0.39, 0.29) is 17.0 Å². The summed E-state index contributed by atoms with van der Waals surface area (Å²) in [5, 5.41) is 0.175. The van der Waals surface area contributed by atoms with Crippen LogP contribution in [0.15, 0.2) is 29.2 Å². The molecule has 0 aliphatic rings. The largest absolute Gasteiger partial charge is 0.294 e. The number of benzene rings is 1. The monoisotopic (exact) mass is 242 g/mol. The van der Waals surface area contributed by atoms with Crippen LogP contribution in [0.3, 0.4) is 0 Å².